The second kappa shape index (κ2) is 11.5. The lowest BCUT2D eigenvalue weighted by Crippen LogP contribution is -2.26. The lowest BCUT2D eigenvalue weighted by atomic mass is 9.84. The van der Waals surface area contributed by atoms with Gasteiger partial charge < -0.3 is 9.30 Å². The third-order valence-electron chi connectivity index (χ3n) is 7.36. The highest BCUT2D eigenvalue weighted by Crippen LogP contribution is 2.44. The average molecular weight is 585 g/mol. The molecule has 41 heavy (non-hydrogen) atoms. The summed E-state index contributed by atoms with van der Waals surface area (Å²) in [5, 5.41) is 2.97. The molecule has 5 aromatic rings. The molecule has 0 saturated heterocycles. The van der Waals surface area contributed by atoms with Crippen molar-refractivity contribution in [3.8, 4) is 5.75 Å². The predicted molar refractivity (Wildman–Crippen MR) is 172 cm³/mol. The summed E-state index contributed by atoms with van der Waals surface area (Å²) in [5.41, 5.74) is 4.80. The molecular formula is C35H37ClN2O2S. The van der Waals surface area contributed by atoms with Gasteiger partial charge in [-0.1, -0.05) is 82.6 Å². The van der Waals surface area contributed by atoms with Crippen molar-refractivity contribution >= 4 is 51.0 Å². The number of thioether (sulfide) groups is 1. The number of rotatable bonds is 9. The zero-order chi connectivity index (χ0) is 29.4. The van der Waals surface area contributed by atoms with Crippen LogP contribution >= 0.6 is 23.4 Å². The van der Waals surface area contributed by atoms with Crippen molar-refractivity contribution in [2.75, 3.05) is 0 Å². The Morgan fingerprint density at radius 1 is 0.951 bits per heavy atom. The highest BCUT2D eigenvalue weighted by atomic mass is 35.5. The summed E-state index contributed by atoms with van der Waals surface area (Å²) in [6.07, 6.45) is 0.639. The van der Waals surface area contributed by atoms with E-state index in [0.29, 0.717) is 19.6 Å². The van der Waals surface area contributed by atoms with E-state index in [-0.39, 0.29) is 10.5 Å². The van der Waals surface area contributed by atoms with E-state index in [1.807, 2.05) is 68.1 Å². The minimum Gasteiger partial charge on any atom is -0.487 e. The summed E-state index contributed by atoms with van der Waals surface area (Å²) in [5.74, 6) is 0.976. The number of ketones is 1. The number of benzene rings is 3. The summed E-state index contributed by atoms with van der Waals surface area (Å²) in [7, 11) is 0. The number of pyridine rings is 1. The van der Waals surface area contributed by atoms with E-state index >= 15 is 0 Å². The van der Waals surface area contributed by atoms with E-state index in [1.165, 1.54) is 10.6 Å². The van der Waals surface area contributed by atoms with Crippen molar-refractivity contribution in [3.05, 3.63) is 101 Å². The summed E-state index contributed by atoms with van der Waals surface area (Å²) in [4.78, 5) is 18.7. The summed E-state index contributed by atoms with van der Waals surface area (Å²) in [6.45, 7) is 13.5. The predicted octanol–water partition coefficient (Wildman–Crippen LogP) is 9.52. The quantitative estimate of drug-likeness (QED) is 0.162. The van der Waals surface area contributed by atoms with Crippen molar-refractivity contribution in [1.82, 2.24) is 9.55 Å². The molecule has 5 rings (SSSR count). The molecule has 0 saturated carbocycles. The first kappa shape index (κ1) is 29.2. The van der Waals surface area contributed by atoms with Crippen LogP contribution in [-0.2, 0) is 24.4 Å². The lowest BCUT2D eigenvalue weighted by Gasteiger charge is -2.25. The molecule has 4 nitrogen and oxygen atoms in total. The maximum absolute atomic E-state index is 12.7. The van der Waals surface area contributed by atoms with Crippen LogP contribution in [0, 0.1) is 5.41 Å². The Kier molecular flexibility index (Phi) is 8.22. The number of hydrogen-bond acceptors (Lipinski definition) is 4. The molecule has 6 heteroatoms. The van der Waals surface area contributed by atoms with Gasteiger partial charge in [0.15, 0.2) is 0 Å². The number of fused-ring (bicyclic) bond motifs is 2. The van der Waals surface area contributed by atoms with Gasteiger partial charge in [-0.25, -0.2) is 4.98 Å². The van der Waals surface area contributed by atoms with E-state index in [4.69, 9.17) is 21.3 Å². The fourth-order valence-corrected chi connectivity index (χ4v) is 6.20. The Morgan fingerprint density at radius 2 is 1.68 bits per heavy atom. The minimum atomic E-state index is -0.500. The molecule has 0 radical (unpaired) electrons. The summed E-state index contributed by atoms with van der Waals surface area (Å²) >= 11 is 8.04. The van der Waals surface area contributed by atoms with Crippen LogP contribution in [0.4, 0.5) is 0 Å². The molecule has 0 atom stereocenters. The van der Waals surface area contributed by atoms with Gasteiger partial charge in [0.2, 0.25) is 0 Å². The number of halogens is 1. The Bertz CT molecular complexity index is 1710. The van der Waals surface area contributed by atoms with Gasteiger partial charge in [-0.2, -0.15) is 0 Å². The highest BCUT2D eigenvalue weighted by molar-refractivity contribution is 8.00. The topological polar surface area (TPSA) is 44.1 Å². The molecule has 0 aliphatic heterocycles. The molecule has 3 aromatic carbocycles. The number of nitrogens with zero attached hydrogens (tertiary/aromatic N) is 2. The van der Waals surface area contributed by atoms with Crippen molar-refractivity contribution in [2.45, 2.75) is 70.8 Å². The molecule has 0 aliphatic carbocycles. The SMILES string of the molecule is CC(=O)C(C)(C)Cc1c(SC(C)(C)C)c2cc(OCc3ccc4ccccc4n3)ccc2n1Cc1ccc(Cl)cc1. The summed E-state index contributed by atoms with van der Waals surface area (Å²) < 4.78 is 8.64. The number of carbonyl (C=O) groups excluding carboxylic acids is 1. The molecular weight excluding hydrogens is 548 g/mol. The van der Waals surface area contributed by atoms with Crippen molar-refractivity contribution in [1.29, 1.82) is 0 Å². The molecule has 0 aliphatic rings. The number of Topliss-reactive ketones (excluding diaryl/α,β-unsaturated/α-hetero) is 1. The molecule has 0 N–H and O–H groups in total. The third-order valence-corrected chi connectivity index (χ3v) is 8.88. The first-order chi connectivity index (χ1) is 19.4. The molecule has 0 spiro atoms. The van der Waals surface area contributed by atoms with Crippen molar-refractivity contribution in [2.24, 2.45) is 5.41 Å². The van der Waals surface area contributed by atoms with Crippen molar-refractivity contribution in [3.63, 3.8) is 0 Å². The molecule has 2 heterocycles. The van der Waals surface area contributed by atoms with Gasteiger partial charge in [-0.3, -0.25) is 4.79 Å². The van der Waals surface area contributed by atoms with Crippen molar-refractivity contribution < 1.29 is 9.53 Å². The Hall–Kier alpha value is -3.28. The zero-order valence-corrected chi connectivity index (χ0v) is 26.2. The monoisotopic (exact) mass is 584 g/mol. The van der Waals surface area contributed by atoms with Gasteiger partial charge in [0.25, 0.3) is 0 Å². The van der Waals surface area contributed by atoms with Gasteiger partial charge in [-0.05, 0) is 55.0 Å². The van der Waals surface area contributed by atoms with Crippen LogP contribution in [-0.4, -0.2) is 20.1 Å². The van der Waals surface area contributed by atoms with E-state index < -0.39 is 5.41 Å². The van der Waals surface area contributed by atoms with Gasteiger partial charge in [0, 0.05) is 55.0 Å². The van der Waals surface area contributed by atoms with E-state index in [0.717, 1.165) is 43.8 Å². The van der Waals surface area contributed by atoms with E-state index in [2.05, 4.69) is 61.7 Å². The Labute approximate surface area is 252 Å². The van der Waals surface area contributed by atoms with Crippen LogP contribution in [0.15, 0.2) is 83.8 Å². The van der Waals surface area contributed by atoms with Gasteiger partial charge in [0.1, 0.15) is 18.1 Å². The number of para-hydroxylation sites is 1. The lowest BCUT2D eigenvalue weighted by molar-refractivity contribution is -0.124. The standard InChI is InChI=1S/C35H37ClN2O2S/c1-23(39)35(5,6)20-32-33(41-34(2,3)4)29-19-28(40-22-27-16-13-25-9-7-8-10-30(25)37-27)17-18-31(29)38(32)21-24-11-14-26(36)15-12-24/h7-19H,20-22H2,1-6H3. The number of carbonyl (C=O) groups is 1. The largest absolute Gasteiger partial charge is 0.487 e. The van der Waals surface area contributed by atoms with Crippen LogP contribution in [0.3, 0.4) is 0 Å². The normalized spacial score (nSPS) is 12.3. The zero-order valence-electron chi connectivity index (χ0n) is 24.6. The molecule has 2 aromatic heterocycles. The van der Waals surface area contributed by atoms with Crippen LogP contribution < -0.4 is 4.74 Å². The third kappa shape index (κ3) is 6.79. The molecule has 0 bridgehead atoms. The first-order valence-corrected chi connectivity index (χ1v) is 15.2. The second-order valence-corrected chi connectivity index (χ2v) is 14.6. The Balaban J connectivity index is 1.58. The minimum absolute atomic E-state index is 0.0274. The number of hydrogen-bond donors (Lipinski definition) is 0. The fourth-order valence-electron chi connectivity index (χ4n) is 4.88. The fraction of sp³-hybridized carbons (Fsp3) is 0.314. The average Bonchev–Trinajstić information content (AvgIpc) is 3.18. The van der Waals surface area contributed by atoms with Crippen LogP contribution in [0.5, 0.6) is 5.75 Å². The Morgan fingerprint density at radius 3 is 2.39 bits per heavy atom. The smallest absolute Gasteiger partial charge is 0.135 e. The van der Waals surface area contributed by atoms with Gasteiger partial charge in [-0.15, -0.1) is 11.8 Å². The summed E-state index contributed by atoms with van der Waals surface area (Å²) in [6, 6.07) is 26.5. The van der Waals surface area contributed by atoms with Gasteiger partial charge in [0.05, 0.1) is 11.2 Å². The van der Waals surface area contributed by atoms with E-state index in [9.17, 15) is 4.79 Å². The highest BCUT2D eigenvalue weighted by Gasteiger charge is 2.31. The van der Waals surface area contributed by atoms with Crippen LogP contribution in [0.2, 0.25) is 5.02 Å². The maximum atomic E-state index is 12.7. The maximum Gasteiger partial charge on any atom is 0.135 e. The van der Waals surface area contributed by atoms with Crippen LogP contribution in [0.1, 0.15) is 58.5 Å². The molecule has 0 unspecified atom stereocenters. The molecule has 0 amide bonds. The number of ether oxygens (including phenoxy) is 1. The van der Waals surface area contributed by atoms with E-state index in [1.54, 1.807) is 6.92 Å². The number of aromatic nitrogens is 2. The molecule has 212 valence electrons. The van der Waals surface area contributed by atoms with Gasteiger partial charge >= 0.3 is 0 Å². The van der Waals surface area contributed by atoms with Crippen LogP contribution in [0.25, 0.3) is 21.8 Å². The molecule has 0 fully saturated rings. The second-order valence-electron chi connectivity index (χ2n) is 12.3. The first-order valence-electron chi connectivity index (χ1n) is 14.0.